The third-order valence-electron chi connectivity index (χ3n) is 7.28. The Balaban J connectivity index is 1.30. The van der Waals surface area contributed by atoms with Gasteiger partial charge >= 0.3 is 0 Å². The van der Waals surface area contributed by atoms with E-state index in [4.69, 9.17) is 9.47 Å². The minimum absolute atomic E-state index is 0.872. The first-order chi connectivity index (χ1) is 17.8. The predicted molar refractivity (Wildman–Crippen MR) is 146 cm³/mol. The van der Waals surface area contributed by atoms with E-state index in [1.165, 1.54) is 22.3 Å². The van der Waals surface area contributed by atoms with Crippen molar-refractivity contribution < 1.29 is 9.47 Å². The van der Waals surface area contributed by atoms with Crippen LogP contribution in [0, 0.1) is 0 Å². The molecule has 0 aromatic heterocycles. The first-order valence-electron chi connectivity index (χ1n) is 12.2. The molecule has 2 nitrogen and oxygen atoms in total. The van der Waals surface area contributed by atoms with Crippen molar-refractivity contribution in [3.8, 4) is 67.5 Å². The maximum Gasteiger partial charge on any atom is 0.136 e. The Morgan fingerprint density at radius 2 is 0.722 bits per heavy atom. The summed E-state index contributed by atoms with van der Waals surface area (Å²) in [6, 6.07) is 42.4. The van der Waals surface area contributed by atoms with Gasteiger partial charge in [-0.2, -0.15) is 0 Å². The Morgan fingerprint density at radius 1 is 0.306 bits per heavy atom. The second kappa shape index (κ2) is 7.34. The third-order valence-corrected chi connectivity index (χ3v) is 7.28. The molecule has 6 aromatic carbocycles. The molecule has 0 unspecified atom stereocenters. The molecule has 2 heteroatoms. The van der Waals surface area contributed by atoms with E-state index < -0.39 is 0 Å². The topological polar surface area (TPSA) is 18.5 Å². The minimum atomic E-state index is 0.872. The van der Waals surface area contributed by atoms with Gasteiger partial charge in [-0.3, -0.25) is 0 Å². The van der Waals surface area contributed by atoms with Crippen molar-refractivity contribution in [3.05, 3.63) is 121 Å². The molecule has 0 bridgehead atoms. The van der Waals surface area contributed by atoms with Crippen LogP contribution in [0.4, 0.5) is 0 Å². The van der Waals surface area contributed by atoms with Crippen LogP contribution < -0.4 is 9.47 Å². The van der Waals surface area contributed by atoms with Gasteiger partial charge in [-0.05, 0) is 69.8 Å². The Labute approximate surface area is 209 Å². The van der Waals surface area contributed by atoms with Crippen LogP contribution in [0.15, 0.2) is 121 Å². The first kappa shape index (κ1) is 19.5. The molecule has 168 valence electrons. The molecule has 0 fully saturated rings. The van der Waals surface area contributed by atoms with Crippen LogP contribution in [0.1, 0.15) is 0 Å². The van der Waals surface area contributed by atoms with Crippen LogP contribution in [0.2, 0.25) is 0 Å². The van der Waals surface area contributed by atoms with Crippen LogP contribution in [-0.2, 0) is 0 Å². The first-order valence-corrected chi connectivity index (χ1v) is 12.2. The lowest BCUT2D eigenvalue weighted by Crippen LogP contribution is -2.02. The highest BCUT2D eigenvalue weighted by Crippen LogP contribution is 2.55. The molecule has 0 amide bonds. The quantitative estimate of drug-likeness (QED) is 0.256. The number of ether oxygens (including phenoxy) is 2. The van der Waals surface area contributed by atoms with Crippen molar-refractivity contribution in [1.82, 2.24) is 0 Å². The van der Waals surface area contributed by atoms with Gasteiger partial charge in [0.2, 0.25) is 0 Å². The molecular weight excluding hydrogens is 440 g/mol. The molecule has 0 aliphatic carbocycles. The number of rotatable bonds is 2. The standard InChI is InChI=1S/C34H20O2/c1-3-7-21(8-4-1)23-11-13-25-27-15-16-28-26-14-12-24(22-9-5-2-6-10-22)20-32(26)36-30-18-17-29(33(27)34(28)30)35-31(25)19-23/h1-20H. The number of benzene rings is 6. The van der Waals surface area contributed by atoms with Crippen LogP contribution in [-0.4, -0.2) is 0 Å². The molecule has 0 N–H and O–H groups in total. The molecule has 0 saturated carbocycles. The summed E-state index contributed by atoms with van der Waals surface area (Å²) in [5.74, 6) is 3.51. The van der Waals surface area contributed by atoms with E-state index in [1.807, 2.05) is 24.3 Å². The van der Waals surface area contributed by atoms with Gasteiger partial charge < -0.3 is 9.47 Å². The number of hydrogen-bond acceptors (Lipinski definition) is 2. The molecular formula is C34H20O2. The van der Waals surface area contributed by atoms with Gasteiger partial charge in [-0.1, -0.05) is 84.9 Å². The smallest absolute Gasteiger partial charge is 0.136 e. The Hall–Kier alpha value is -4.82. The fourth-order valence-electron chi connectivity index (χ4n) is 5.57. The van der Waals surface area contributed by atoms with E-state index in [0.717, 1.165) is 56.0 Å². The summed E-state index contributed by atoms with van der Waals surface area (Å²) in [6.45, 7) is 0. The highest BCUT2D eigenvalue weighted by atomic mass is 16.5. The minimum Gasteiger partial charge on any atom is -0.456 e. The highest BCUT2D eigenvalue weighted by molar-refractivity contribution is 6.14. The van der Waals surface area contributed by atoms with E-state index in [9.17, 15) is 0 Å². The lowest BCUT2D eigenvalue weighted by molar-refractivity contribution is 0.475. The van der Waals surface area contributed by atoms with Gasteiger partial charge in [-0.25, -0.2) is 0 Å². The molecule has 6 aromatic rings. The largest absolute Gasteiger partial charge is 0.456 e. The molecule has 0 atom stereocenters. The van der Waals surface area contributed by atoms with Crippen molar-refractivity contribution in [2.24, 2.45) is 0 Å². The van der Waals surface area contributed by atoms with Crippen molar-refractivity contribution in [2.45, 2.75) is 0 Å². The maximum atomic E-state index is 6.50. The summed E-state index contributed by atoms with van der Waals surface area (Å²) < 4.78 is 13.0. The van der Waals surface area contributed by atoms with Crippen LogP contribution >= 0.6 is 0 Å². The lowest BCUT2D eigenvalue weighted by atomic mass is 9.87. The van der Waals surface area contributed by atoms with E-state index >= 15 is 0 Å². The summed E-state index contributed by atoms with van der Waals surface area (Å²) >= 11 is 0. The Bertz CT molecular complexity index is 1680. The summed E-state index contributed by atoms with van der Waals surface area (Å²) in [5.41, 5.74) is 9.23. The van der Waals surface area contributed by atoms with E-state index in [2.05, 4.69) is 97.1 Å². The molecule has 2 aliphatic rings. The van der Waals surface area contributed by atoms with Crippen LogP contribution in [0.5, 0.6) is 23.0 Å². The molecule has 0 saturated heterocycles. The fraction of sp³-hybridized carbons (Fsp3) is 0. The van der Waals surface area contributed by atoms with E-state index in [-0.39, 0.29) is 0 Å². The monoisotopic (exact) mass is 460 g/mol. The molecule has 0 spiro atoms. The Morgan fingerprint density at radius 3 is 1.17 bits per heavy atom. The van der Waals surface area contributed by atoms with Gasteiger partial charge in [0, 0.05) is 21.9 Å². The molecule has 36 heavy (non-hydrogen) atoms. The van der Waals surface area contributed by atoms with Gasteiger partial charge in [0.25, 0.3) is 0 Å². The average molecular weight is 461 g/mol. The van der Waals surface area contributed by atoms with Gasteiger partial charge in [-0.15, -0.1) is 0 Å². The van der Waals surface area contributed by atoms with E-state index in [0.29, 0.717) is 0 Å². The highest BCUT2D eigenvalue weighted by Gasteiger charge is 2.28. The van der Waals surface area contributed by atoms with Crippen molar-refractivity contribution in [2.75, 3.05) is 0 Å². The second-order valence-corrected chi connectivity index (χ2v) is 9.33. The predicted octanol–water partition coefficient (Wildman–Crippen LogP) is 9.72. The summed E-state index contributed by atoms with van der Waals surface area (Å²) in [5, 5.41) is 2.23. The van der Waals surface area contributed by atoms with Crippen molar-refractivity contribution in [1.29, 1.82) is 0 Å². The molecule has 8 rings (SSSR count). The molecule has 0 radical (unpaired) electrons. The third kappa shape index (κ3) is 2.79. The lowest BCUT2D eigenvalue weighted by Gasteiger charge is -2.27. The summed E-state index contributed by atoms with van der Waals surface area (Å²) in [4.78, 5) is 0. The zero-order valence-corrected chi connectivity index (χ0v) is 19.4. The summed E-state index contributed by atoms with van der Waals surface area (Å²) in [7, 11) is 0. The molecule has 2 heterocycles. The molecule has 2 aliphatic heterocycles. The number of fused-ring (bicyclic) bond motifs is 4. The number of hydrogen-bond donors (Lipinski definition) is 0. The van der Waals surface area contributed by atoms with Crippen molar-refractivity contribution >= 4 is 10.8 Å². The van der Waals surface area contributed by atoms with E-state index in [1.54, 1.807) is 0 Å². The second-order valence-electron chi connectivity index (χ2n) is 9.33. The SMILES string of the molecule is c1ccc(-c2ccc3c(c2)Oc2ccc4c5c(ccc-3c25)-c2ccc(-c3ccccc3)cc2O4)cc1. The Kier molecular flexibility index (Phi) is 3.97. The zero-order chi connectivity index (χ0) is 23.6. The fourth-order valence-corrected chi connectivity index (χ4v) is 5.57. The normalized spacial score (nSPS) is 12.3. The maximum absolute atomic E-state index is 6.50. The average Bonchev–Trinajstić information content (AvgIpc) is 2.95. The van der Waals surface area contributed by atoms with Crippen LogP contribution in [0.25, 0.3) is 55.3 Å². The van der Waals surface area contributed by atoms with Crippen LogP contribution in [0.3, 0.4) is 0 Å². The van der Waals surface area contributed by atoms with Gasteiger partial charge in [0.1, 0.15) is 23.0 Å². The van der Waals surface area contributed by atoms with Gasteiger partial charge in [0.15, 0.2) is 0 Å². The van der Waals surface area contributed by atoms with Crippen molar-refractivity contribution in [3.63, 3.8) is 0 Å². The summed E-state index contributed by atoms with van der Waals surface area (Å²) in [6.07, 6.45) is 0. The van der Waals surface area contributed by atoms with Gasteiger partial charge in [0.05, 0.1) is 0 Å². The zero-order valence-electron chi connectivity index (χ0n) is 19.4.